The predicted octanol–water partition coefficient (Wildman–Crippen LogP) is 3.98. The summed E-state index contributed by atoms with van der Waals surface area (Å²) in [6.45, 7) is 11.1. The molecule has 0 aliphatic rings. The molecule has 1 atom stereocenters. The van der Waals surface area contributed by atoms with Gasteiger partial charge in [0.1, 0.15) is 6.61 Å². The van der Waals surface area contributed by atoms with Gasteiger partial charge in [-0.15, -0.1) is 0 Å². The molecule has 0 aliphatic heterocycles. The highest BCUT2D eigenvalue weighted by Gasteiger charge is 2.24. The van der Waals surface area contributed by atoms with Gasteiger partial charge in [-0.05, 0) is 52.3 Å². The first-order chi connectivity index (χ1) is 10.3. The summed E-state index contributed by atoms with van der Waals surface area (Å²) in [5.41, 5.74) is 6.51. The van der Waals surface area contributed by atoms with Crippen LogP contribution >= 0.6 is 11.6 Å². The monoisotopic (exact) mass is 326 g/mol. The van der Waals surface area contributed by atoms with Gasteiger partial charge in [-0.2, -0.15) is 0 Å². The van der Waals surface area contributed by atoms with Crippen LogP contribution in [0.1, 0.15) is 51.4 Å². The van der Waals surface area contributed by atoms with E-state index >= 15 is 0 Å². The van der Waals surface area contributed by atoms with E-state index < -0.39 is 5.97 Å². The molecule has 0 bridgehead atoms. The molecule has 1 unspecified atom stereocenters. The Morgan fingerprint density at radius 2 is 1.86 bits per heavy atom. The van der Waals surface area contributed by atoms with E-state index in [9.17, 15) is 4.79 Å². The van der Waals surface area contributed by atoms with Gasteiger partial charge in [-0.1, -0.05) is 18.5 Å². The number of esters is 1. The number of nitrogen functional groups attached to an aromatic ring is 1. The summed E-state index contributed by atoms with van der Waals surface area (Å²) in [6, 6.07) is 5.78. The average molecular weight is 327 g/mol. The van der Waals surface area contributed by atoms with Gasteiger partial charge in [0.05, 0.1) is 10.6 Å². The highest BCUT2D eigenvalue weighted by Crippen LogP contribution is 2.21. The first-order valence-corrected chi connectivity index (χ1v) is 8.15. The van der Waals surface area contributed by atoms with Crippen molar-refractivity contribution in [2.45, 2.75) is 59.2 Å². The van der Waals surface area contributed by atoms with Crippen LogP contribution in [0.5, 0.6) is 0 Å². The quantitative estimate of drug-likeness (QED) is 0.608. The van der Waals surface area contributed by atoms with Crippen molar-refractivity contribution in [2.24, 2.45) is 0 Å². The molecule has 0 spiro atoms. The summed E-state index contributed by atoms with van der Waals surface area (Å²) in [5.74, 6) is -0.407. The Morgan fingerprint density at radius 3 is 2.32 bits per heavy atom. The second-order valence-electron chi connectivity index (χ2n) is 6.03. The topological polar surface area (TPSA) is 55.6 Å². The zero-order chi connectivity index (χ0) is 16.9. The second-order valence-corrected chi connectivity index (χ2v) is 6.44. The van der Waals surface area contributed by atoms with E-state index in [0.717, 1.165) is 6.42 Å². The lowest BCUT2D eigenvalue weighted by molar-refractivity contribution is 0.0212. The molecule has 0 fully saturated rings. The molecule has 0 radical (unpaired) electrons. The van der Waals surface area contributed by atoms with E-state index in [0.29, 0.717) is 35.0 Å². The van der Waals surface area contributed by atoms with Gasteiger partial charge < -0.3 is 10.5 Å². The zero-order valence-electron chi connectivity index (χ0n) is 14.1. The number of carbonyl (C=O) groups excluding carboxylic acids is 1. The Bertz CT molecular complexity index is 495. The number of rotatable bonds is 7. The Labute approximate surface area is 138 Å². The largest absolute Gasteiger partial charge is 0.460 e. The molecule has 22 heavy (non-hydrogen) atoms. The van der Waals surface area contributed by atoms with E-state index in [4.69, 9.17) is 22.1 Å². The summed E-state index contributed by atoms with van der Waals surface area (Å²) in [4.78, 5) is 14.6. The van der Waals surface area contributed by atoms with E-state index in [1.165, 1.54) is 0 Å². The maximum atomic E-state index is 12.2. The predicted molar refractivity (Wildman–Crippen MR) is 92.3 cm³/mol. The molecule has 0 heterocycles. The summed E-state index contributed by atoms with van der Waals surface area (Å²) < 4.78 is 5.48. The molecule has 0 aliphatic carbocycles. The number of nitrogens with zero attached hydrogens (tertiary/aromatic N) is 1. The Balaban J connectivity index is 2.75. The van der Waals surface area contributed by atoms with Crippen LogP contribution in [0.15, 0.2) is 18.2 Å². The first-order valence-electron chi connectivity index (χ1n) is 7.77. The van der Waals surface area contributed by atoms with Gasteiger partial charge >= 0.3 is 5.97 Å². The number of hydrogen-bond donors (Lipinski definition) is 1. The third-order valence-corrected chi connectivity index (χ3v) is 4.02. The van der Waals surface area contributed by atoms with Crippen molar-refractivity contribution in [1.29, 1.82) is 0 Å². The lowest BCUT2D eigenvalue weighted by Gasteiger charge is -2.37. The Morgan fingerprint density at radius 1 is 1.27 bits per heavy atom. The van der Waals surface area contributed by atoms with Crippen LogP contribution < -0.4 is 5.73 Å². The van der Waals surface area contributed by atoms with Gasteiger partial charge in [0.15, 0.2) is 0 Å². The summed E-state index contributed by atoms with van der Waals surface area (Å²) >= 11 is 6.05. The van der Waals surface area contributed by atoms with Crippen LogP contribution in [0.4, 0.5) is 5.69 Å². The number of ether oxygens (including phenoxy) is 1. The average Bonchev–Trinajstić information content (AvgIpc) is 2.41. The van der Waals surface area contributed by atoms with E-state index in [1.807, 2.05) is 0 Å². The lowest BCUT2D eigenvalue weighted by Crippen LogP contribution is -2.47. The maximum Gasteiger partial charge on any atom is 0.339 e. The van der Waals surface area contributed by atoms with Crippen molar-refractivity contribution in [2.75, 3.05) is 12.3 Å². The lowest BCUT2D eigenvalue weighted by atomic mass is 10.1. The molecule has 0 aromatic heterocycles. The van der Waals surface area contributed by atoms with Gasteiger partial charge in [0.25, 0.3) is 0 Å². The second kappa shape index (κ2) is 8.39. The molecule has 1 rings (SSSR count). The number of halogens is 1. The SMILES string of the molecule is CCC(COC(=O)c1ccc(N)cc1Cl)N(C(C)C)C(C)C. The van der Waals surface area contributed by atoms with Crippen LogP contribution in [0.2, 0.25) is 5.02 Å². The van der Waals surface area contributed by atoms with Crippen LogP contribution in [-0.4, -0.2) is 35.6 Å². The van der Waals surface area contributed by atoms with Crippen molar-refractivity contribution >= 4 is 23.3 Å². The van der Waals surface area contributed by atoms with E-state index in [2.05, 4.69) is 39.5 Å². The highest BCUT2D eigenvalue weighted by atomic mass is 35.5. The Kier molecular flexibility index (Phi) is 7.17. The van der Waals surface area contributed by atoms with Crippen molar-refractivity contribution in [3.63, 3.8) is 0 Å². The van der Waals surface area contributed by atoms with Crippen LogP contribution in [0, 0.1) is 0 Å². The van der Waals surface area contributed by atoms with Crippen molar-refractivity contribution < 1.29 is 9.53 Å². The van der Waals surface area contributed by atoms with Gasteiger partial charge in [0.2, 0.25) is 0 Å². The zero-order valence-corrected chi connectivity index (χ0v) is 14.9. The van der Waals surface area contributed by atoms with E-state index in [-0.39, 0.29) is 6.04 Å². The number of benzene rings is 1. The maximum absolute atomic E-state index is 12.2. The minimum absolute atomic E-state index is 0.191. The van der Waals surface area contributed by atoms with Gasteiger partial charge in [-0.25, -0.2) is 4.79 Å². The third kappa shape index (κ3) is 4.89. The molecule has 0 saturated heterocycles. The fraction of sp³-hybridized carbons (Fsp3) is 0.588. The summed E-state index contributed by atoms with van der Waals surface area (Å²) in [5, 5.41) is 0.322. The third-order valence-electron chi connectivity index (χ3n) is 3.71. The molecule has 0 saturated carbocycles. The molecule has 1 aromatic carbocycles. The molecule has 0 amide bonds. The minimum atomic E-state index is -0.407. The van der Waals surface area contributed by atoms with Gasteiger partial charge in [-0.3, -0.25) is 4.90 Å². The normalized spacial score (nSPS) is 13.0. The Hall–Kier alpha value is -1.26. The molecule has 1 aromatic rings. The van der Waals surface area contributed by atoms with Crippen LogP contribution in [0.3, 0.4) is 0 Å². The van der Waals surface area contributed by atoms with Crippen LogP contribution in [0.25, 0.3) is 0 Å². The van der Waals surface area contributed by atoms with Crippen molar-refractivity contribution in [3.8, 4) is 0 Å². The van der Waals surface area contributed by atoms with Crippen molar-refractivity contribution in [3.05, 3.63) is 28.8 Å². The smallest absolute Gasteiger partial charge is 0.339 e. The van der Waals surface area contributed by atoms with Crippen molar-refractivity contribution in [1.82, 2.24) is 4.90 Å². The number of nitrogens with two attached hydrogens (primary N) is 1. The fourth-order valence-corrected chi connectivity index (χ4v) is 3.07. The molecule has 4 nitrogen and oxygen atoms in total. The molecular weight excluding hydrogens is 300 g/mol. The number of anilines is 1. The number of hydrogen-bond acceptors (Lipinski definition) is 4. The molecule has 2 N–H and O–H groups in total. The number of carbonyl (C=O) groups is 1. The first kappa shape index (κ1) is 18.8. The highest BCUT2D eigenvalue weighted by molar-refractivity contribution is 6.33. The molecular formula is C17H27ClN2O2. The van der Waals surface area contributed by atoms with E-state index in [1.54, 1.807) is 18.2 Å². The standard InChI is InChI=1S/C17H27ClN2O2/c1-6-14(20(11(2)3)12(4)5)10-22-17(21)15-8-7-13(19)9-16(15)18/h7-9,11-12,14H,6,10,19H2,1-5H3. The molecule has 124 valence electrons. The van der Waals surface area contributed by atoms with Crippen LogP contribution in [-0.2, 0) is 4.74 Å². The summed E-state index contributed by atoms with van der Waals surface area (Å²) in [7, 11) is 0. The molecule has 5 heteroatoms. The minimum Gasteiger partial charge on any atom is -0.460 e. The van der Waals surface area contributed by atoms with Gasteiger partial charge in [0, 0.05) is 23.8 Å². The summed E-state index contributed by atoms with van der Waals surface area (Å²) in [6.07, 6.45) is 0.916. The fourth-order valence-electron chi connectivity index (χ4n) is 2.80.